The van der Waals surface area contributed by atoms with Crippen LogP contribution in [0.3, 0.4) is 0 Å². The van der Waals surface area contributed by atoms with Crippen molar-refractivity contribution in [2.24, 2.45) is 0 Å². The number of nitrogens with one attached hydrogen (secondary N) is 1. The molecule has 0 bridgehead atoms. The summed E-state index contributed by atoms with van der Waals surface area (Å²) in [6.45, 7) is 6.99. The fourth-order valence-corrected chi connectivity index (χ4v) is 3.05. The molecule has 0 radical (unpaired) electrons. The summed E-state index contributed by atoms with van der Waals surface area (Å²) in [5.74, 6) is 0.762. The first-order valence-electron chi connectivity index (χ1n) is 10.3. The molecule has 1 fully saturated rings. The number of amides is 2. The molecule has 3 rings (SSSR count). The van der Waals surface area contributed by atoms with Crippen LogP contribution in [-0.2, 0) is 20.9 Å². The van der Waals surface area contributed by atoms with Gasteiger partial charge in [-0.3, -0.25) is 4.79 Å². The Hall–Kier alpha value is -3.13. The van der Waals surface area contributed by atoms with Gasteiger partial charge in [0.25, 0.3) is 0 Å². The van der Waals surface area contributed by atoms with Gasteiger partial charge >= 0.3 is 6.09 Å². The van der Waals surface area contributed by atoms with Gasteiger partial charge in [-0.05, 0) is 32.4 Å². The van der Waals surface area contributed by atoms with Crippen molar-refractivity contribution in [1.82, 2.24) is 9.88 Å². The average molecular weight is 428 g/mol. The van der Waals surface area contributed by atoms with Gasteiger partial charge < -0.3 is 24.4 Å². The molecule has 0 saturated carbocycles. The molecule has 31 heavy (non-hydrogen) atoms. The lowest BCUT2D eigenvalue weighted by Gasteiger charge is -2.34. The number of ether oxygens (including phenoxy) is 3. The van der Waals surface area contributed by atoms with Crippen molar-refractivity contribution < 1.29 is 23.8 Å². The van der Waals surface area contributed by atoms with E-state index < -0.39 is 17.8 Å². The Morgan fingerprint density at radius 2 is 2.00 bits per heavy atom. The maximum Gasteiger partial charge on any atom is 0.410 e. The normalized spacial score (nSPS) is 16.5. The van der Waals surface area contributed by atoms with Crippen molar-refractivity contribution in [2.45, 2.75) is 45.5 Å². The van der Waals surface area contributed by atoms with E-state index in [9.17, 15) is 9.59 Å². The predicted octanol–water partition coefficient (Wildman–Crippen LogP) is 3.63. The van der Waals surface area contributed by atoms with Crippen LogP contribution in [0.4, 0.5) is 10.6 Å². The van der Waals surface area contributed by atoms with Crippen molar-refractivity contribution in [1.29, 1.82) is 0 Å². The maximum absolute atomic E-state index is 12.5. The summed E-state index contributed by atoms with van der Waals surface area (Å²) in [5, 5.41) is 2.77. The van der Waals surface area contributed by atoms with Crippen LogP contribution >= 0.6 is 0 Å². The molecule has 8 nitrogen and oxygen atoms in total. The molecule has 1 aliphatic heterocycles. The summed E-state index contributed by atoms with van der Waals surface area (Å²) in [5.41, 5.74) is 0.482. The van der Waals surface area contributed by atoms with Gasteiger partial charge in [0.15, 0.2) is 0 Å². The number of morpholine rings is 1. The van der Waals surface area contributed by atoms with Crippen LogP contribution < -0.4 is 10.1 Å². The van der Waals surface area contributed by atoms with E-state index in [0.717, 1.165) is 5.56 Å². The van der Waals surface area contributed by atoms with Crippen LogP contribution in [-0.4, -0.2) is 53.3 Å². The molecule has 1 aromatic carbocycles. The van der Waals surface area contributed by atoms with Crippen LogP contribution in [0.1, 0.15) is 32.8 Å². The molecule has 166 valence electrons. The summed E-state index contributed by atoms with van der Waals surface area (Å²) in [4.78, 5) is 30.5. The molecule has 1 aromatic heterocycles. The van der Waals surface area contributed by atoms with Gasteiger partial charge in [0, 0.05) is 18.8 Å². The minimum absolute atomic E-state index is 0.107. The molecule has 2 aromatic rings. The molecule has 1 aliphatic rings. The van der Waals surface area contributed by atoms with Gasteiger partial charge in [-0.1, -0.05) is 30.3 Å². The Morgan fingerprint density at radius 3 is 2.74 bits per heavy atom. The molecule has 0 spiro atoms. The van der Waals surface area contributed by atoms with Gasteiger partial charge in [0.2, 0.25) is 5.91 Å². The smallest absolute Gasteiger partial charge is 0.410 e. The number of carbonyl (C=O) groups is 2. The highest BCUT2D eigenvalue weighted by atomic mass is 16.6. The maximum atomic E-state index is 12.5. The Bertz CT molecular complexity index is 882. The Balaban J connectivity index is 1.49. The molecule has 1 atom stereocenters. The first-order chi connectivity index (χ1) is 14.8. The summed E-state index contributed by atoms with van der Waals surface area (Å²) in [6.07, 6.45) is 0.887. The second kappa shape index (κ2) is 10.3. The second-order valence-electron chi connectivity index (χ2n) is 8.32. The van der Waals surface area contributed by atoms with Gasteiger partial charge in [-0.25, -0.2) is 9.78 Å². The van der Waals surface area contributed by atoms with E-state index in [4.69, 9.17) is 14.2 Å². The summed E-state index contributed by atoms with van der Waals surface area (Å²) < 4.78 is 16.8. The number of pyridine rings is 1. The van der Waals surface area contributed by atoms with Gasteiger partial charge in [-0.2, -0.15) is 0 Å². The Morgan fingerprint density at radius 1 is 1.23 bits per heavy atom. The van der Waals surface area contributed by atoms with E-state index in [1.807, 2.05) is 51.1 Å². The average Bonchev–Trinajstić information content (AvgIpc) is 2.72. The summed E-state index contributed by atoms with van der Waals surface area (Å²) in [6, 6.07) is 13.2. The highest BCUT2D eigenvalue weighted by molar-refractivity contribution is 5.90. The van der Waals surface area contributed by atoms with Crippen LogP contribution in [0.2, 0.25) is 0 Å². The van der Waals surface area contributed by atoms with E-state index in [1.54, 1.807) is 23.2 Å². The van der Waals surface area contributed by atoms with Crippen molar-refractivity contribution >= 4 is 17.8 Å². The molecule has 1 N–H and O–H groups in total. The van der Waals surface area contributed by atoms with Crippen molar-refractivity contribution in [3.63, 3.8) is 0 Å². The molecular formula is C23H29N3O5. The number of aromatic nitrogens is 1. The lowest BCUT2D eigenvalue weighted by molar-refractivity contribution is -0.121. The van der Waals surface area contributed by atoms with Crippen LogP contribution in [0.15, 0.2) is 48.7 Å². The Labute approximate surface area is 182 Å². The Kier molecular flexibility index (Phi) is 7.46. The van der Waals surface area contributed by atoms with E-state index in [-0.39, 0.29) is 12.3 Å². The number of nitrogens with zero attached hydrogens (tertiary/aromatic N) is 2. The minimum Gasteiger partial charge on any atom is -0.489 e. The largest absolute Gasteiger partial charge is 0.489 e. The fraction of sp³-hybridized carbons (Fsp3) is 0.435. The molecular weight excluding hydrogens is 398 g/mol. The number of benzene rings is 1. The highest BCUT2D eigenvalue weighted by Gasteiger charge is 2.29. The molecule has 1 saturated heterocycles. The number of rotatable bonds is 6. The monoisotopic (exact) mass is 427 g/mol. The zero-order valence-corrected chi connectivity index (χ0v) is 18.2. The van der Waals surface area contributed by atoms with Crippen molar-refractivity contribution in [3.05, 3.63) is 54.2 Å². The standard InChI is InChI=1S/C23H29N3O5/c1-23(2,3)31-22(28)26-11-12-29-19(15-26)14-21(27)25-20-13-18(9-10-24-20)30-16-17-7-5-4-6-8-17/h4-10,13,19H,11-12,14-16H2,1-3H3,(H,24,25,27). The fourth-order valence-electron chi connectivity index (χ4n) is 3.05. The first kappa shape index (κ1) is 22.6. The molecule has 2 amide bonds. The van der Waals surface area contributed by atoms with Crippen LogP contribution in [0.25, 0.3) is 0 Å². The second-order valence-corrected chi connectivity index (χ2v) is 8.32. The van der Waals surface area contributed by atoms with E-state index in [0.29, 0.717) is 37.9 Å². The number of anilines is 1. The third-order valence-electron chi connectivity index (χ3n) is 4.45. The van der Waals surface area contributed by atoms with E-state index in [2.05, 4.69) is 10.3 Å². The van der Waals surface area contributed by atoms with Gasteiger partial charge in [0.1, 0.15) is 23.8 Å². The van der Waals surface area contributed by atoms with Crippen LogP contribution in [0, 0.1) is 0 Å². The van der Waals surface area contributed by atoms with Gasteiger partial charge in [-0.15, -0.1) is 0 Å². The van der Waals surface area contributed by atoms with Gasteiger partial charge in [0.05, 0.1) is 25.7 Å². The number of carbonyl (C=O) groups excluding carboxylic acids is 2. The molecule has 1 unspecified atom stereocenters. The minimum atomic E-state index is -0.568. The van der Waals surface area contributed by atoms with E-state index >= 15 is 0 Å². The molecule has 8 heteroatoms. The SMILES string of the molecule is CC(C)(C)OC(=O)N1CCOC(CC(=O)Nc2cc(OCc3ccccc3)ccn2)C1. The van der Waals surface area contributed by atoms with Crippen molar-refractivity contribution in [3.8, 4) is 5.75 Å². The third kappa shape index (κ3) is 7.57. The number of hydrogen-bond donors (Lipinski definition) is 1. The zero-order chi connectivity index (χ0) is 22.3. The summed E-state index contributed by atoms with van der Waals surface area (Å²) >= 11 is 0. The summed E-state index contributed by atoms with van der Waals surface area (Å²) in [7, 11) is 0. The zero-order valence-electron chi connectivity index (χ0n) is 18.2. The quantitative estimate of drug-likeness (QED) is 0.757. The first-order valence-corrected chi connectivity index (χ1v) is 10.3. The van der Waals surface area contributed by atoms with Crippen molar-refractivity contribution in [2.75, 3.05) is 25.0 Å². The lowest BCUT2D eigenvalue weighted by Crippen LogP contribution is -2.48. The topological polar surface area (TPSA) is 90.0 Å². The predicted molar refractivity (Wildman–Crippen MR) is 116 cm³/mol. The molecule has 0 aliphatic carbocycles. The third-order valence-corrected chi connectivity index (χ3v) is 4.45. The highest BCUT2D eigenvalue weighted by Crippen LogP contribution is 2.18. The van der Waals surface area contributed by atoms with E-state index in [1.165, 1.54) is 0 Å². The molecule has 2 heterocycles. The number of hydrogen-bond acceptors (Lipinski definition) is 6. The van der Waals surface area contributed by atoms with Crippen LogP contribution in [0.5, 0.6) is 5.75 Å². The lowest BCUT2D eigenvalue weighted by atomic mass is 10.2.